The van der Waals surface area contributed by atoms with Crippen molar-refractivity contribution in [1.82, 2.24) is 19.4 Å². The summed E-state index contributed by atoms with van der Waals surface area (Å²) in [6.07, 6.45) is 0. The Balaban J connectivity index is 1.95. The molecule has 1 atom stereocenters. The molecule has 1 unspecified atom stereocenters. The molecule has 5 nitrogen and oxygen atoms in total. The number of rotatable bonds is 3. The maximum Gasteiger partial charge on any atom is 0.178 e. The number of ether oxygens (including phenoxy) is 1. The summed E-state index contributed by atoms with van der Waals surface area (Å²) in [4.78, 5) is 8.08. The van der Waals surface area contributed by atoms with E-state index in [1.165, 1.54) is 0 Å². The van der Waals surface area contributed by atoms with Gasteiger partial charge in [-0.1, -0.05) is 0 Å². The first-order chi connectivity index (χ1) is 10.1. The van der Waals surface area contributed by atoms with E-state index in [-0.39, 0.29) is 0 Å². The summed E-state index contributed by atoms with van der Waals surface area (Å²) >= 11 is 5.50. The molecule has 21 heavy (non-hydrogen) atoms. The van der Waals surface area contributed by atoms with Gasteiger partial charge in [0.05, 0.1) is 18.1 Å². The van der Waals surface area contributed by atoms with Crippen LogP contribution in [0.1, 0.15) is 0 Å². The monoisotopic (exact) mass is 306 g/mol. The summed E-state index contributed by atoms with van der Waals surface area (Å²) < 4.78 is 8.30. The second-order valence-electron chi connectivity index (χ2n) is 5.82. The summed E-state index contributed by atoms with van der Waals surface area (Å²) in [6, 6.07) is 6.50. The molecule has 0 bridgehead atoms. The lowest BCUT2D eigenvalue weighted by molar-refractivity contribution is 0.103. The fourth-order valence-corrected chi connectivity index (χ4v) is 3.23. The normalized spacial score (nSPS) is 21.0. The van der Waals surface area contributed by atoms with Gasteiger partial charge in [-0.2, -0.15) is 0 Å². The van der Waals surface area contributed by atoms with Crippen LogP contribution in [0.3, 0.4) is 0 Å². The van der Waals surface area contributed by atoms with Gasteiger partial charge in [0.25, 0.3) is 0 Å². The van der Waals surface area contributed by atoms with Crippen LogP contribution >= 0.6 is 12.2 Å². The van der Waals surface area contributed by atoms with Crippen LogP contribution in [0.5, 0.6) is 5.75 Å². The Morgan fingerprint density at radius 2 is 2.14 bits per heavy atom. The van der Waals surface area contributed by atoms with Gasteiger partial charge >= 0.3 is 0 Å². The molecule has 1 saturated heterocycles. The zero-order chi connectivity index (χ0) is 15.0. The molecule has 1 aromatic heterocycles. The molecule has 1 aliphatic rings. The van der Waals surface area contributed by atoms with Crippen molar-refractivity contribution in [2.75, 3.05) is 40.8 Å². The van der Waals surface area contributed by atoms with Gasteiger partial charge in [-0.05, 0) is 38.4 Å². The number of imidazole rings is 1. The first kappa shape index (κ1) is 14.6. The number of hydrogen-bond acceptors (Lipinski definition) is 4. The highest BCUT2D eigenvalue weighted by molar-refractivity contribution is 7.71. The number of aromatic amines is 1. The number of H-pyrrole nitrogens is 1. The molecule has 1 aliphatic heterocycles. The number of hydrogen-bond donors (Lipinski definition) is 1. The van der Waals surface area contributed by atoms with Gasteiger partial charge < -0.3 is 19.2 Å². The van der Waals surface area contributed by atoms with Crippen molar-refractivity contribution >= 4 is 23.3 Å². The summed E-state index contributed by atoms with van der Waals surface area (Å²) in [6.45, 7) is 4.18. The van der Waals surface area contributed by atoms with E-state index in [1.54, 1.807) is 7.11 Å². The second-order valence-corrected chi connectivity index (χ2v) is 6.21. The minimum atomic E-state index is 0.473. The molecule has 2 heterocycles. The van der Waals surface area contributed by atoms with Gasteiger partial charge in [0.1, 0.15) is 5.75 Å². The lowest BCUT2D eigenvalue weighted by Gasteiger charge is -2.37. The number of aromatic nitrogens is 2. The lowest BCUT2D eigenvalue weighted by Crippen LogP contribution is -2.51. The number of piperazine rings is 1. The van der Waals surface area contributed by atoms with E-state index < -0.39 is 0 Å². The Morgan fingerprint density at radius 1 is 1.33 bits per heavy atom. The maximum absolute atomic E-state index is 5.50. The fraction of sp³-hybridized carbons (Fsp3) is 0.533. The van der Waals surface area contributed by atoms with Crippen molar-refractivity contribution in [3.05, 3.63) is 23.0 Å². The van der Waals surface area contributed by atoms with Crippen LogP contribution in [-0.2, 0) is 6.54 Å². The Kier molecular flexibility index (Phi) is 4.01. The highest BCUT2D eigenvalue weighted by atomic mass is 32.1. The Morgan fingerprint density at radius 3 is 2.90 bits per heavy atom. The molecule has 0 aliphatic carbocycles. The molecule has 1 aromatic carbocycles. The SMILES string of the molecule is COc1ccc2[nH]c(=S)n(CC3CN(C)CCN3C)c2c1. The Bertz CT molecular complexity index is 693. The van der Waals surface area contributed by atoms with Gasteiger partial charge in [-0.15, -0.1) is 0 Å². The number of methoxy groups -OCH3 is 1. The van der Waals surface area contributed by atoms with Crippen molar-refractivity contribution in [3.8, 4) is 5.75 Å². The van der Waals surface area contributed by atoms with E-state index in [4.69, 9.17) is 17.0 Å². The number of nitrogens with zero attached hydrogens (tertiary/aromatic N) is 3. The van der Waals surface area contributed by atoms with E-state index >= 15 is 0 Å². The highest BCUT2D eigenvalue weighted by Crippen LogP contribution is 2.22. The van der Waals surface area contributed by atoms with Gasteiger partial charge in [0.15, 0.2) is 4.77 Å². The third kappa shape index (κ3) is 2.84. The summed E-state index contributed by atoms with van der Waals surface area (Å²) in [5, 5.41) is 0. The molecule has 6 heteroatoms. The topological polar surface area (TPSA) is 36.4 Å². The molecule has 114 valence electrons. The van der Waals surface area contributed by atoms with E-state index in [1.807, 2.05) is 18.2 Å². The molecule has 1 N–H and O–H groups in total. The van der Waals surface area contributed by atoms with Crippen molar-refractivity contribution in [2.45, 2.75) is 12.6 Å². The molecule has 0 saturated carbocycles. The van der Waals surface area contributed by atoms with Crippen molar-refractivity contribution in [1.29, 1.82) is 0 Å². The van der Waals surface area contributed by atoms with Crippen LogP contribution < -0.4 is 4.74 Å². The average Bonchev–Trinajstić information content (AvgIpc) is 2.78. The van der Waals surface area contributed by atoms with Gasteiger partial charge in [0.2, 0.25) is 0 Å². The predicted molar refractivity (Wildman–Crippen MR) is 87.6 cm³/mol. The zero-order valence-electron chi connectivity index (χ0n) is 12.8. The maximum atomic E-state index is 5.50. The third-order valence-corrected chi connectivity index (χ3v) is 4.68. The standard InChI is InChI=1S/C15H22N4OS/c1-17-6-7-18(2)11(9-17)10-19-14-8-12(20-3)4-5-13(14)16-15(19)21/h4-5,8,11H,6-7,9-10H2,1-3H3,(H,16,21). The van der Waals surface area contributed by atoms with Gasteiger partial charge in [0, 0.05) is 38.3 Å². The van der Waals surface area contributed by atoms with Crippen LogP contribution in [0.25, 0.3) is 11.0 Å². The summed E-state index contributed by atoms with van der Waals surface area (Å²) in [7, 11) is 6.06. The third-order valence-electron chi connectivity index (χ3n) is 4.36. The number of fused-ring (bicyclic) bond motifs is 1. The van der Waals surface area contributed by atoms with E-state index in [0.717, 1.165) is 47.7 Å². The molecule has 3 rings (SSSR count). The molecular weight excluding hydrogens is 284 g/mol. The first-order valence-electron chi connectivity index (χ1n) is 7.24. The minimum Gasteiger partial charge on any atom is -0.497 e. The van der Waals surface area contributed by atoms with Gasteiger partial charge in [-0.25, -0.2) is 0 Å². The van der Waals surface area contributed by atoms with Crippen LogP contribution in [-0.4, -0.2) is 66.2 Å². The van der Waals surface area contributed by atoms with Crippen LogP contribution in [0.15, 0.2) is 18.2 Å². The number of nitrogens with one attached hydrogen (secondary N) is 1. The van der Waals surface area contributed by atoms with Crippen LogP contribution in [0, 0.1) is 4.77 Å². The lowest BCUT2D eigenvalue weighted by atomic mass is 10.2. The number of likely N-dealkylation sites (N-methyl/N-ethyl adjacent to an activating group) is 2. The smallest absolute Gasteiger partial charge is 0.178 e. The molecule has 0 amide bonds. The molecule has 2 aromatic rings. The Hall–Kier alpha value is -1.37. The largest absolute Gasteiger partial charge is 0.497 e. The van der Waals surface area contributed by atoms with Crippen molar-refractivity contribution in [2.24, 2.45) is 0 Å². The van der Waals surface area contributed by atoms with E-state index in [2.05, 4.69) is 33.4 Å². The van der Waals surface area contributed by atoms with Crippen molar-refractivity contribution < 1.29 is 4.74 Å². The van der Waals surface area contributed by atoms with E-state index in [0.29, 0.717) is 6.04 Å². The number of benzene rings is 1. The summed E-state index contributed by atoms with van der Waals surface area (Å²) in [5.74, 6) is 0.861. The Labute approximate surface area is 130 Å². The molecule has 0 radical (unpaired) electrons. The fourth-order valence-electron chi connectivity index (χ4n) is 2.95. The first-order valence-corrected chi connectivity index (χ1v) is 7.64. The highest BCUT2D eigenvalue weighted by Gasteiger charge is 2.23. The minimum absolute atomic E-state index is 0.473. The molecule has 1 fully saturated rings. The predicted octanol–water partition coefficient (Wildman–Crippen LogP) is 1.95. The average molecular weight is 306 g/mol. The van der Waals surface area contributed by atoms with Crippen LogP contribution in [0.4, 0.5) is 0 Å². The van der Waals surface area contributed by atoms with Crippen molar-refractivity contribution in [3.63, 3.8) is 0 Å². The van der Waals surface area contributed by atoms with E-state index in [9.17, 15) is 0 Å². The van der Waals surface area contributed by atoms with Gasteiger partial charge in [-0.3, -0.25) is 4.90 Å². The quantitative estimate of drug-likeness (QED) is 0.880. The zero-order valence-corrected chi connectivity index (χ0v) is 13.6. The molecular formula is C15H22N4OS. The van der Waals surface area contributed by atoms with Crippen LogP contribution in [0.2, 0.25) is 0 Å². The molecule has 0 spiro atoms. The summed E-state index contributed by atoms with van der Waals surface area (Å²) in [5.41, 5.74) is 2.17. The second kappa shape index (κ2) is 5.79.